The van der Waals surface area contributed by atoms with Crippen molar-refractivity contribution in [2.24, 2.45) is 10.9 Å². The smallest absolute Gasteiger partial charge is 0.243 e. The number of rotatable bonds is 3. The fourth-order valence-electron chi connectivity index (χ4n) is 3.03. The van der Waals surface area contributed by atoms with Crippen LogP contribution in [0.1, 0.15) is 25.7 Å². The lowest BCUT2D eigenvalue weighted by Gasteiger charge is -2.32. The van der Waals surface area contributed by atoms with Gasteiger partial charge < -0.3 is 20.6 Å². The first-order valence-corrected chi connectivity index (χ1v) is 7.39. The molecule has 19 heavy (non-hydrogen) atoms. The lowest BCUT2D eigenvalue weighted by atomic mass is 10.1. The second-order valence-corrected chi connectivity index (χ2v) is 5.78. The third kappa shape index (κ3) is 3.38. The highest BCUT2D eigenvalue weighted by Gasteiger charge is 2.32. The molecule has 6 heteroatoms. The Morgan fingerprint density at radius 3 is 2.89 bits per heavy atom. The van der Waals surface area contributed by atoms with E-state index in [1.807, 2.05) is 0 Å². The van der Waals surface area contributed by atoms with Crippen LogP contribution in [0.5, 0.6) is 0 Å². The summed E-state index contributed by atoms with van der Waals surface area (Å²) >= 11 is 0. The number of nitrogens with two attached hydrogens (primary N) is 1. The highest BCUT2D eigenvalue weighted by molar-refractivity contribution is 5.82. The predicted octanol–water partition coefficient (Wildman–Crippen LogP) is -0.110. The lowest BCUT2D eigenvalue weighted by Crippen LogP contribution is -2.45. The standard InChI is InChI=1S/C13H24N4O2/c14-10-6-12(15-7-10)13-16-18-9-11(19-13)8-17-4-2-1-3-5-17/h10-12,15H,1-9,14H2/t10-,11?,12+/m1/s1. The SMILES string of the molecule is N[C@H]1CN[C@H](C2=NOCC(CN3CCCCC3)O2)C1. The van der Waals surface area contributed by atoms with Crippen LogP contribution in [0, 0.1) is 0 Å². The molecule has 3 aliphatic heterocycles. The molecule has 0 bridgehead atoms. The van der Waals surface area contributed by atoms with E-state index in [9.17, 15) is 0 Å². The first-order valence-electron chi connectivity index (χ1n) is 7.39. The van der Waals surface area contributed by atoms with Gasteiger partial charge in [-0.05, 0) is 32.4 Å². The molecule has 108 valence electrons. The van der Waals surface area contributed by atoms with Gasteiger partial charge in [-0.15, -0.1) is 0 Å². The molecule has 0 aromatic rings. The van der Waals surface area contributed by atoms with Gasteiger partial charge in [-0.25, -0.2) is 0 Å². The Morgan fingerprint density at radius 1 is 1.32 bits per heavy atom. The van der Waals surface area contributed by atoms with Crippen molar-refractivity contribution in [3.05, 3.63) is 0 Å². The first-order chi connectivity index (χ1) is 9.31. The van der Waals surface area contributed by atoms with Crippen LogP contribution in [0.4, 0.5) is 0 Å². The highest BCUT2D eigenvalue weighted by Crippen LogP contribution is 2.15. The molecule has 1 unspecified atom stereocenters. The van der Waals surface area contributed by atoms with Crippen LogP contribution in [-0.4, -0.2) is 61.8 Å². The maximum atomic E-state index is 5.99. The van der Waals surface area contributed by atoms with Gasteiger partial charge in [-0.1, -0.05) is 11.6 Å². The van der Waals surface area contributed by atoms with Crippen molar-refractivity contribution in [2.75, 3.05) is 32.8 Å². The van der Waals surface area contributed by atoms with Crippen LogP contribution >= 0.6 is 0 Å². The quantitative estimate of drug-likeness (QED) is 0.747. The molecular weight excluding hydrogens is 244 g/mol. The van der Waals surface area contributed by atoms with Crippen LogP contribution in [0.2, 0.25) is 0 Å². The molecule has 3 N–H and O–H groups in total. The van der Waals surface area contributed by atoms with Gasteiger partial charge in [0, 0.05) is 19.1 Å². The zero-order valence-corrected chi connectivity index (χ0v) is 11.4. The molecule has 0 spiro atoms. The third-order valence-electron chi connectivity index (χ3n) is 4.08. The summed E-state index contributed by atoms with van der Waals surface area (Å²) in [5.74, 6) is 0.682. The molecule has 2 saturated heterocycles. The van der Waals surface area contributed by atoms with Crippen LogP contribution in [0.15, 0.2) is 5.16 Å². The summed E-state index contributed by atoms with van der Waals surface area (Å²) in [6.45, 7) is 4.68. The fourth-order valence-corrected chi connectivity index (χ4v) is 3.03. The average Bonchev–Trinajstić information content (AvgIpc) is 2.87. The predicted molar refractivity (Wildman–Crippen MR) is 72.9 cm³/mol. The monoisotopic (exact) mass is 268 g/mol. The fraction of sp³-hybridized carbons (Fsp3) is 0.923. The Hall–Kier alpha value is -0.850. The van der Waals surface area contributed by atoms with Gasteiger partial charge in [0.1, 0.15) is 6.10 Å². The van der Waals surface area contributed by atoms with Gasteiger partial charge in [0.2, 0.25) is 5.90 Å². The Bertz CT molecular complexity index is 331. The van der Waals surface area contributed by atoms with E-state index in [-0.39, 0.29) is 18.2 Å². The summed E-state index contributed by atoms with van der Waals surface area (Å²) in [6, 6.07) is 0.318. The van der Waals surface area contributed by atoms with E-state index in [1.54, 1.807) is 0 Å². The van der Waals surface area contributed by atoms with E-state index in [1.165, 1.54) is 32.4 Å². The zero-order chi connectivity index (χ0) is 13.1. The Kier molecular flexibility index (Phi) is 4.20. The van der Waals surface area contributed by atoms with E-state index in [0.29, 0.717) is 12.5 Å². The van der Waals surface area contributed by atoms with Crippen LogP contribution in [0.25, 0.3) is 0 Å². The molecule has 0 saturated carbocycles. The summed E-state index contributed by atoms with van der Waals surface area (Å²) in [4.78, 5) is 7.81. The summed E-state index contributed by atoms with van der Waals surface area (Å²) in [7, 11) is 0. The highest BCUT2D eigenvalue weighted by atomic mass is 16.7. The molecule has 6 nitrogen and oxygen atoms in total. The van der Waals surface area contributed by atoms with E-state index in [0.717, 1.165) is 19.5 Å². The molecule has 0 aliphatic carbocycles. The van der Waals surface area contributed by atoms with Crippen molar-refractivity contribution in [3.63, 3.8) is 0 Å². The minimum Gasteiger partial charge on any atom is -0.469 e. The molecule has 3 heterocycles. The Balaban J connectivity index is 1.50. The van der Waals surface area contributed by atoms with Crippen LogP contribution in [0.3, 0.4) is 0 Å². The van der Waals surface area contributed by atoms with E-state index in [4.69, 9.17) is 15.3 Å². The number of ether oxygens (including phenoxy) is 1. The Morgan fingerprint density at radius 2 is 2.16 bits per heavy atom. The van der Waals surface area contributed by atoms with E-state index in [2.05, 4.69) is 15.4 Å². The van der Waals surface area contributed by atoms with Gasteiger partial charge in [0.25, 0.3) is 0 Å². The van der Waals surface area contributed by atoms with Crippen molar-refractivity contribution in [3.8, 4) is 0 Å². The second-order valence-electron chi connectivity index (χ2n) is 5.78. The maximum absolute atomic E-state index is 5.99. The number of likely N-dealkylation sites (tertiary alicyclic amines) is 1. The van der Waals surface area contributed by atoms with E-state index >= 15 is 0 Å². The van der Waals surface area contributed by atoms with Gasteiger partial charge in [-0.3, -0.25) is 4.90 Å². The van der Waals surface area contributed by atoms with Crippen LogP contribution < -0.4 is 11.1 Å². The van der Waals surface area contributed by atoms with Crippen molar-refractivity contribution >= 4 is 5.90 Å². The molecule has 0 aromatic heterocycles. The second kappa shape index (κ2) is 6.07. The number of oxime groups is 1. The minimum absolute atomic E-state index is 0.101. The first kappa shape index (κ1) is 13.1. The summed E-state index contributed by atoms with van der Waals surface area (Å²) in [5, 5.41) is 7.37. The van der Waals surface area contributed by atoms with Gasteiger partial charge in [0.15, 0.2) is 6.61 Å². The van der Waals surface area contributed by atoms with Crippen molar-refractivity contribution in [2.45, 2.75) is 43.9 Å². The molecule has 2 fully saturated rings. The van der Waals surface area contributed by atoms with Crippen molar-refractivity contribution in [1.82, 2.24) is 10.2 Å². The molecule has 3 rings (SSSR count). The minimum atomic E-state index is 0.101. The molecule has 3 atom stereocenters. The van der Waals surface area contributed by atoms with Crippen LogP contribution in [-0.2, 0) is 9.57 Å². The largest absolute Gasteiger partial charge is 0.469 e. The Labute approximate surface area is 114 Å². The molecule has 3 aliphatic rings. The zero-order valence-electron chi connectivity index (χ0n) is 11.4. The summed E-state index contributed by atoms with van der Waals surface area (Å²) in [6.07, 6.45) is 4.93. The summed E-state index contributed by atoms with van der Waals surface area (Å²) < 4.78 is 5.99. The molecule has 0 radical (unpaired) electrons. The van der Waals surface area contributed by atoms with Crippen molar-refractivity contribution < 1.29 is 9.57 Å². The molecule has 0 aromatic carbocycles. The third-order valence-corrected chi connectivity index (χ3v) is 4.08. The average molecular weight is 268 g/mol. The number of hydrogen-bond acceptors (Lipinski definition) is 6. The van der Waals surface area contributed by atoms with E-state index < -0.39 is 0 Å². The maximum Gasteiger partial charge on any atom is 0.243 e. The van der Waals surface area contributed by atoms with Gasteiger partial charge in [-0.2, -0.15) is 0 Å². The number of nitrogens with one attached hydrogen (secondary N) is 1. The summed E-state index contributed by atoms with van der Waals surface area (Å²) in [5.41, 5.74) is 5.89. The van der Waals surface area contributed by atoms with Gasteiger partial charge in [0.05, 0.1) is 6.04 Å². The normalized spacial score (nSPS) is 36.5. The molecular formula is C13H24N4O2. The van der Waals surface area contributed by atoms with Gasteiger partial charge >= 0.3 is 0 Å². The topological polar surface area (TPSA) is 72.1 Å². The molecule has 0 amide bonds. The number of nitrogens with zero attached hydrogens (tertiary/aromatic N) is 2. The number of hydrogen-bond donors (Lipinski definition) is 2. The number of piperidine rings is 1. The van der Waals surface area contributed by atoms with Crippen molar-refractivity contribution in [1.29, 1.82) is 0 Å². The lowest BCUT2D eigenvalue weighted by molar-refractivity contribution is -0.0133.